The Labute approximate surface area is 109 Å². The van der Waals surface area contributed by atoms with Crippen LogP contribution in [0.2, 0.25) is 0 Å². The maximum Gasteiger partial charge on any atom is 0.254 e. The predicted octanol–water partition coefficient (Wildman–Crippen LogP) is 1.73. The van der Waals surface area contributed by atoms with Gasteiger partial charge in [0.05, 0.1) is 5.69 Å². The van der Waals surface area contributed by atoms with Crippen molar-refractivity contribution in [2.45, 2.75) is 25.7 Å². The minimum absolute atomic E-state index is 0.104. The van der Waals surface area contributed by atoms with Gasteiger partial charge in [-0.05, 0) is 43.9 Å². The number of phenols is 2. The first-order valence-corrected chi connectivity index (χ1v) is 6.29. The maximum absolute atomic E-state index is 12.0. The summed E-state index contributed by atoms with van der Waals surface area (Å²) in [4.78, 5) is 19.2. The van der Waals surface area contributed by atoms with E-state index in [0.717, 1.165) is 36.9 Å². The summed E-state index contributed by atoms with van der Waals surface area (Å²) in [6, 6.07) is 4.38. The number of aromatic nitrogens is 2. The summed E-state index contributed by atoms with van der Waals surface area (Å²) in [6.45, 7) is 0. The Morgan fingerprint density at radius 2 is 1.89 bits per heavy atom. The molecule has 1 aliphatic carbocycles. The van der Waals surface area contributed by atoms with E-state index < -0.39 is 0 Å². The van der Waals surface area contributed by atoms with Crippen molar-refractivity contribution in [1.82, 2.24) is 9.97 Å². The number of aromatic hydroxyl groups is 2. The number of benzene rings is 1. The van der Waals surface area contributed by atoms with Gasteiger partial charge in [-0.2, -0.15) is 0 Å². The van der Waals surface area contributed by atoms with Crippen molar-refractivity contribution in [2.24, 2.45) is 0 Å². The average Bonchev–Trinajstić information content (AvgIpc) is 2.42. The van der Waals surface area contributed by atoms with Crippen molar-refractivity contribution >= 4 is 0 Å². The Bertz CT molecular complexity index is 692. The smallest absolute Gasteiger partial charge is 0.254 e. The largest absolute Gasteiger partial charge is 0.504 e. The van der Waals surface area contributed by atoms with Gasteiger partial charge >= 0.3 is 0 Å². The Hall–Kier alpha value is -2.30. The molecule has 5 nitrogen and oxygen atoms in total. The molecule has 0 saturated carbocycles. The van der Waals surface area contributed by atoms with E-state index in [1.54, 1.807) is 6.07 Å². The standard InChI is InChI=1S/C14H14N2O3/c17-11-6-5-8(7-12(11)18)13-15-10-4-2-1-3-9(10)14(19)16-13/h5-7,17-18H,1-4H2,(H,15,16,19). The van der Waals surface area contributed by atoms with Crippen LogP contribution in [-0.4, -0.2) is 20.2 Å². The van der Waals surface area contributed by atoms with Crippen LogP contribution in [0.1, 0.15) is 24.1 Å². The van der Waals surface area contributed by atoms with Gasteiger partial charge < -0.3 is 15.2 Å². The van der Waals surface area contributed by atoms with Crippen LogP contribution in [0.15, 0.2) is 23.0 Å². The molecule has 19 heavy (non-hydrogen) atoms. The molecule has 0 fully saturated rings. The minimum atomic E-state index is -0.224. The van der Waals surface area contributed by atoms with Crippen LogP contribution < -0.4 is 5.56 Å². The van der Waals surface area contributed by atoms with E-state index in [-0.39, 0.29) is 17.1 Å². The number of hydrogen-bond donors (Lipinski definition) is 3. The fourth-order valence-corrected chi connectivity index (χ4v) is 2.41. The molecule has 1 aromatic heterocycles. The van der Waals surface area contributed by atoms with E-state index in [0.29, 0.717) is 11.4 Å². The minimum Gasteiger partial charge on any atom is -0.504 e. The summed E-state index contributed by atoms with van der Waals surface area (Å²) in [5.41, 5.74) is 2.10. The molecule has 0 bridgehead atoms. The van der Waals surface area contributed by atoms with Crippen molar-refractivity contribution in [3.63, 3.8) is 0 Å². The number of nitrogens with one attached hydrogen (secondary N) is 1. The summed E-state index contributed by atoms with van der Waals surface area (Å²) < 4.78 is 0. The normalized spacial score (nSPS) is 14.1. The number of rotatable bonds is 1. The molecule has 0 saturated heterocycles. The van der Waals surface area contributed by atoms with Gasteiger partial charge in [-0.15, -0.1) is 0 Å². The molecule has 1 heterocycles. The zero-order valence-electron chi connectivity index (χ0n) is 10.3. The Balaban J connectivity index is 2.12. The molecule has 0 aliphatic heterocycles. The van der Waals surface area contributed by atoms with Crippen molar-refractivity contribution in [2.75, 3.05) is 0 Å². The van der Waals surface area contributed by atoms with Gasteiger partial charge in [-0.1, -0.05) is 0 Å². The lowest BCUT2D eigenvalue weighted by atomic mass is 9.97. The quantitative estimate of drug-likeness (QED) is 0.680. The predicted molar refractivity (Wildman–Crippen MR) is 70.3 cm³/mol. The lowest BCUT2D eigenvalue weighted by Gasteiger charge is -2.14. The molecule has 0 atom stereocenters. The second-order valence-electron chi connectivity index (χ2n) is 4.75. The van der Waals surface area contributed by atoms with Crippen LogP contribution in [0.3, 0.4) is 0 Å². The van der Waals surface area contributed by atoms with E-state index in [4.69, 9.17) is 0 Å². The molecule has 2 aromatic rings. The monoisotopic (exact) mass is 258 g/mol. The highest BCUT2D eigenvalue weighted by atomic mass is 16.3. The fourth-order valence-electron chi connectivity index (χ4n) is 2.41. The van der Waals surface area contributed by atoms with Crippen molar-refractivity contribution < 1.29 is 10.2 Å². The fraction of sp³-hybridized carbons (Fsp3) is 0.286. The number of phenolic OH excluding ortho intramolecular Hbond substituents is 2. The molecule has 0 spiro atoms. The molecule has 5 heteroatoms. The number of nitrogens with zero attached hydrogens (tertiary/aromatic N) is 1. The number of aromatic amines is 1. The van der Waals surface area contributed by atoms with Crippen molar-refractivity contribution in [1.29, 1.82) is 0 Å². The van der Waals surface area contributed by atoms with Gasteiger partial charge in [-0.25, -0.2) is 4.98 Å². The third kappa shape index (κ3) is 2.07. The Kier molecular flexibility index (Phi) is 2.74. The van der Waals surface area contributed by atoms with E-state index >= 15 is 0 Å². The van der Waals surface area contributed by atoms with Gasteiger partial charge in [0.1, 0.15) is 5.82 Å². The Morgan fingerprint density at radius 1 is 1.11 bits per heavy atom. The number of H-pyrrole nitrogens is 1. The third-order valence-electron chi connectivity index (χ3n) is 3.44. The zero-order valence-corrected chi connectivity index (χ0v) is 10.3. The molecule has 0 unspecified atom stereocenters. The summed E-state index contributed by atoms with van der Waals surface area (Å²) >= 11 is 0. The first-order chi connectivity index (χ1) is 9.15. The van der Waals surface area contributed by atoms with Gasteiger partial charge in [0.2, 0.25) is 0 Å². The molecule has 3 N–H and O–H groups in total. The topological polar surface area (TPSA) is 86.2 Å². The first-order valence-electron chi connectivity index (χ1n) is 6.29. The molecule has 1 aliphatic rings. The molecular formula is C14H14N2O3. The van der Waals surface area contributed by atoms with Gasteiger partial charge in [-0.3, -0.25) is 4.79 Å². The second-order valence-corrected chi connectivity index (χ2v) is 4.75. The van der Waals surface area contributed by atoms with E-state index in [9.17, 15) is 15.0 Å². The molecular weight excluding hydrogens is 244 g/mol. The number of hydrogen-bond acceptors (Lipinski definition) is 4. The van der Waals surface area contributed by atoms with Gasteiger partial charge in [0.15, 0.2) is 11.5 Å². The van der Waals surface area contributed by atoms with Crippen molar-refractivity contribution in [3.8, 4) is 22.9 Å². The van der Waals surface area contributed by atoms with Gasteiger partial charge in [0.25, 0.3) is 5.56 Å². The van der Waals surface area contributed by atoms with Crippen LogP contribution in [0, 0.1) is 0 Å². The summed E-state index contributed by atoms with van der Waals surface area (Å²) in [5, 5.41) is 18.8. The first kappa shape index (κ1) is 11.8. The zero-order chi connectivity index (χ0) is 13.4. The van der Waals surface area contributed by atoms with Crippen LogP contribution in [0.5, 0.6) is 11.5 Å². The highest BCUT2D eigenvalue weighted by Gasteiger charge is 2.16. The molecule has 0 radical (unpaired) electrons. The molecule has 98 valence electrons. The summed E-state index contributed by atoms with van der Waals surface area (Å²) in [5.74, 6) is 0.0166. The third-order valence-corrected chi connectivity index (χ3v) is 3.44. The van der Waals surface area contributed by atoms with E-state index in [1.807, 2.05) is 0 Å². The number of aryl methyl sites for hydroxylation is 1. The van der Waals surface area contributed by atoms with Crippen LogP contribution in [-0.2, 0) is 12.8 Å². The van der Waals surface area contributed by atoms with E-state index in [1.165, 1.54) is 12.1 Å². The highest BCUT2D eigenvalue weighted by molar-refractivity contribution is 5.60. The molecule has 1 aromatic carbocycles. The lowest BCUT2D eigenvalue weighted by molar-refractivity contribution is 0.404. The highest BCUT2D eigenvalue weighted by Crippen LogP contribution is 2.29. The average molecular weight is 258 g/mol. The van der Waals surface area contributed by atoms with Crippen LogP contribution >= 0.6 is 0 Å². The van der Waals surface area contributed by atoms with Crippen molar-refractivity contribution in [3.05, 3.63) is 39.8 Å². The summed E-state index contributed by atoms with van der Waals surface area (Å²) in [6.07, 6.45) is 3.66. The van der Waals surface area contributed by atoms with Gasteiger partial charge in [0, 0.05) is 11.1 Å². The lowest BCUT2D eigenvalue weighted by Crippen LogP contribution is -2.21. The molecule has 0 amide bonds. The Morgan fingerprint density at radius 3 is 2.68 bits per heavy atom. The molecule has 3 rings (SSSR count). The summed E-state index contributed by atoms with van der Waals surface area (Å²) in [7, 11) is 0. The van der Waals surface area contributed by atoms with Crippen LogP contribution in [0.25, 0.3) is 11.4 Å². The SMILES string of the molecule is O=c1[nH]c(-c2ccc(O)c(O)c2)nc2c1CCCC2. The second kappa shape index (κ2) is 4.42. The van der Waals surface area contributed by atoms with Crippen LogP contribution in [0.4, 0.5) is 0 Å². The maximum atomic E-state index is 12.0. The number of fused-ring (bicyclic) bond motifs is 1. The van der Waals surface area contributed by atoms with E-state index in [2.05, 4.69) is 9.97 Å².